The van der Waals surface area contributed by atoms with Gasteiger partial charge in [-0.15, -0.1) is 0 Å². The summed E-state index contributed by atoms with van der Waals surface area (Å²) in [6, 6.07) is 9.06. The minimum atomic E-state index is -0.563. The zero-order valence-corrected chi connectivity index (χ0v) is 10.2. The number of aliphatic hydroxyl groups is 1. The van der Waals surface area contributed by atoms with E-state index < -0.39 is 6.10 Å². The van der Waals surface area contributed by atoms with E-state index in [2.05, 4.69) is 11.2 Å². The van der Waals surface area contributed by atoms with Crippen molar-refractivity contribution in [2.45, 2.75) is 26.0 Å². The molecule has 1 atom stereocenters. The third-order valence-corrected chi connectivity index (χ3v) is 2.86. The molecule has 0 bridgehead atoms. The van der Waals surface area contributed by atoms with Crippen LogP contribution in [0.1, 0.15) is 29.7 Å². The van der Waals surface area contributed by atoms with Gasteiger partial charge in [0.25, 0.3) is 0 Å². The molecule has 0 amide bonds. The SMILES string of the molecule is CCn1cc(CC(O)c2ccc(C#N)cc2)cn1. The molecule has 1 N–H and O–H groups in total. The summed E-state index contributed by atoms with van der Waals surface area (Å²) in [6.07, 6.45) is 3.68. The molecule has 0 saturated heterocycles. The van der Waals surface area contributed by atoms with Crippen molar-refractivity contribution in [1.29, 1.82) is 5.26 Å². The van der Waals surface area contributed by atoms with Crippen molar-refractivity contribution in [3.05, 3.63) is 53.3 Å². The van der Waals surface area contributed by atoms with Crippen LogP contribution in [0.25, 0.3) is 0 Å². The first-order valence-electron chi connectivity index (χ1n) is 5.92. The highest BCUT2D eigenvalue weighted by Crippen LogP contribution is 2.18. The van der Waals surface area contributed by atoms with Crippen LogP contribution in [0.5, 0.6) is 0 Å². The molecule has 0 aliphatic heterocycles. The third-order valence-electron chi connectivity index (χ3n) is 2.86. The number of nitriles is 1. The zero-order chi connectivity index (χ0) is 13.0. The van der Waals surface area contributed by atoms with Gasteiger partial charge in [0.1, 0.15) is 0 Å². The predicted octanol–water partition coefficient (Wildman–Crippen LogP) is 2.05. The van der Waals surface area contributed by atoms with E-state index in [0.29, 0.717) is 12.0 Å². The standard InChI is InChI=1S/C14H15N3O/c1-2-17-10-12(9-16-17)7-14(18)13-5-3-11(8-15)4-6-13/h3-6,9-10,14,18H,2,7H2,1H3. The quantitative estimate of drug-likeness (QED) is 0.891. The fourth-order valence-corrected chi connectivity index (χ4v) is 1.81. The summed E-state index contributed by atoms with van der Waals surface area (Å²) in [7, 11) is 0. The van der Waals surface area contributed by atoms with E-state index in [1.165, 1.54) is 0 Å². The number of nitrogens with zero attached hydrogens (tertiary/aromatic N) is 3. The minimum Gasteiger partial charge on any atom is -0.388 e. The number of hydrogen-bond donors (Lipinski definition) is 1. The number of hydrogen-bond acceptors (Lipinski definition) is 3. The molecule has 0 saturated carbocycles. The van der Waals surface area contributed by atoms with Crippen molar-refractivity contribution < 1.29 is 5.11 Å². The fourth-order valence-electron chi connectivity index (χ4n) is 1.81. The maximum absolute atomic E-state index is 10.1. The number of aryl methyl sites for hydroxylation is 1. The van der Waals surface area contributed by atoms with Gasteiger partial charge in [0, 0.05) is 19.2 Å². The highest BCUT2D eigenvalue weighted by atomic mass is 16.3. The van der Waals surface area contributed by atoms with Crippen molar-refractivity contribution in [3.63, 3.8) is 0 Å². The Bertz CT molecular complexity index is 551. The Balaban J connectivity index is 2.06. The summed E-state index contributed by atoms with van der Waals surface area (Å²) in [4.78, 5) is 0. The number of aromatic nitrogens is 2. The maximum atomic E-state index is 10.1. The van der Waals surface area contributed by atoms with E-state index >= 15 is 0 Å². The van der Waals surface area contributed by atoms with E-state index in [4.69, 9.17) is 5.26 Å². The molecule has 2 aromatic rings. The average Bonchev–Trinajstić information content (AvgIpc) is 2.86. The highest BCUT2D eigenvalue weighted by molar-refractivity contribution is 5.32. The van der Waals surface area contributed by atoms with E-state index in [1.807, 2.05) is 17.8 Å². The lowest BCUT2D eigenvalue weighted by molar-refractivity contribution is 0.178. The molecule has 0 radical (unpaired) electrons. The molecule has 1 aromatic carbocycles. The van der Waals surface area contributed by atoms with E-state index in [0.717, 1.165) is 17.7 Å². The lowest BCUT2D eigenvalue weighted by Crippen LogP contribution is -2.01. The third kappa shape index (κ3) is 2.76. The Morgan fingerprint density at radius 1 is 1.39 bits per heavy atom. The van der Waals surface area contributed by atoms with Gasteiger partial charge in [0.2, 0.25) is 0 Å². The minimum absolute atomic E-state index is 0.534. The number of rotatable bonds is 4. The second-order valence-corrected chi connectivity index (χ2v) is 4.16. The van der Waals surface area contributed by atoms with E-state index in [-0.39, 0.29) is 0 Å². The molecule has 1 aromatic heterocycles. The Morgan fingerprint density at radius 2 is 2.11 bits per heavy atom. The molecule has 0 spiro atoms. The topological polar surface area (TPSA) is 61.8 Å². The van der Waals surface area contributed by atoms with Gasteiger partial charge in [-0.3, -0.25) is 4.68 Å². The first-order valence-corrected chi connectivity index (χ1v) is 5.92. The van der Waals surface area contributed by atoms with Crippen LogP contribution in [-0.2, 0) is 13.0 Å². The molecular formula is C14H15N3O. The molecule has 4 nitrogen and oxygen atoms in total. The molecular weight excluding hydrogens is 226 g/mol. The molecule has 1 unspecified atom stereocenters. The van der Waals surface area contributed by atoms with Crippen LogP contribution < -0.4 is 0 Å². The fraction of sp³-hybridized carbons (Fsp3) is 0.286. The van der Waals surface area contributed by atoms with Gasteiger partial charge >= 0.3 is 0 Å². The summed E-state index contributed by atoms with van der Waals surface area (Å²) in [5, 5.41) is 23.0. The number of benzene rings is 1. The van der Waals surface area contributed by atoms with Crippen molar-refractivity contribution in [3.8, 4) is 6.07 Å². The molecule has 2 rings (SSSR count). The first-order chi connectivity index (χ1) is 8.72. The summed E-state index contributed by atoms with van der Waals surface area (Å²) < 4.78 is 1.83. The Morgan fingerprint density at radius 3 is 2.67 bits per heavy atom. The van der Waals surface area contributed by atoms with E-state index in [1.54, 1.807) is 30.5 Å². The van der Waals surface area contributed by atoms with Crippen molar-refractivity contribution in [1.82, 2.24) is 9.78 Å². The second kappa shape index (κ2) is 5.48. The van der Waals surface area contributed by atoms with Crippen LogP contribution in [0.4, 0.5) is 0 Å². The summed E-state index contributed by atoms with van der Waals surface area (Å²) >= 11 is 0. The largest absolute Gasteiger partial charge is 0.388 e. The molecule has 0 fully saturated rings. The summed E-state index contributed by atoms with van der Waals surface area (Å²) in [6.45, 7) is 2.85. The van der Waals surface area contributed by atoms with Gasteiger partial charge in [0.15, 0.2) is 0 Å². The number of aliphatic hydroxyl groups excluding tert-OH is 1. The van der Waals surface area contributed by atoms with Gasteiger partial charge in [-0.05, 0) is 30.2 Å². The maximum Gasteiger partial charge on any atom is 0.0991 e. The second-order valence-electron chi connectivity index (χ2n) is 4.16. The molecule has 1 heterocycles. The van der Waals surface area contributed by atoms with Crippen LogP contribution in [-0.4, -0.2) is 14.9 Å². The smallest absolute Gasteiger partial charge is 0.0991 e. The van der Waals surface area contributed by atoms with Crippen LogP contribution in [0.3, 0.4) is 0 Å². The van der Waals surface area contributed by atoms with Gasteiger partial charge in [-0.2, -0.15) is 10.4 Å². The summed E-state index contributed by atoms with van der Waals surface area (Å²) in [5.74, 6) is 0. The Hall–Kier alpha value is -2.12. The van der Waals surface area contributed by atoms with Crippen LogP contribution in [0, 0.1) is 11.3 Å². The lowest BCUT2D eigenvalue weighted by Gasteiger charge is -2.09. The normalized spacial score (nSPS) is 12.1. The Kier molecular flexibility index (Phi) is 3.75. The van der Waals surface area contributed by atoms with Crippen molar-refractivity contribution in [2.75, 3.05) is 0 Å². The first kappa shape index (κ1) is 12.3. The molecule has 0 aliphatic rings. The monoisotopic (exact) mass is 241 g/mol. The van der Waals surface area contributed by atoms with Crippen molar-refractivity contribution in [2.24, 2.45) is 0 Å². The van der Waals surface area contributed by atoms with Gasteiger partial charge in [0.05, 0.1) is 23.9 Å². The van der Waals surface area contributed by atoms with Gasteiger partial charge in [-0.25, -0.2) is 0 Å². The molecule has 4 heteroatoms. The molecule has 18 heavy (non-hydrogen) atoms. The summed E-state index contributed by atoms with van der Waals surface area (Å²) in [5.41, 5.74) is 2.43. The average molecular weight is 241 g/mol. The molecule has 92 valence electrons. The highest BCUT2D eigenvalue weighted by Gasteiger charge is 2.09. The van der Waals surface area contributed by atoms with Crippen LogP contribution in [0.15, 0.2) is 36.7 Å². The van der Waals surface area contributed by atoms with Crippen molar-refractivity contribution >= 4 is 0 Å². The van der Waals surface area contributed by atoms with Gasteiger partial charge < -0.3 is 5.11 Å². The predicted molar refractivity (Wildman–Crippen MR) is 67.7 cm³/mol. The van der Waals surface area contributed by atoms with E-state index in [9.17, 15) is 5.11 Å². The van der Waals surface area contributed by atoms with Crippen LogP contribution >= 0.6 is 0 Å². The lowest BCUT2D eigenvalue weighted by atomic mass is 10.0. The zero-order valence-electron chi connectivity index (χ0n) is 10.2. The Labute approximate surface area is 106 Å². The van der Waals surface area contributed by atoms with Gasteiger partial charge in [-0.1, -0.05) is 12.1 Å². The molecule has 0 aliphatic carbocycles. The van der Waals surface area contributed by atoms with Crippen LogP contribution in [0.2, 0.25) is 0 Å².